The van der Waals surface area contributed by atoms with Gasteiger partial charge in [0.1, 0.15) is 17.4 Å². The fourth-order valence-corrected chi connectivity index (χ4v) is 2.11. The fourth-order valence-electron chi connectivity index (χ4n) is 2.11. The van der Waals surface area contributed by atoms with Crippen molar-refractivity contribution in [1.29, 1.82) is 0 Å². The van der Waals surface area contributed by atoms with Crippen LogP contribution in [0.4, 0.5) is 4.79 Å². The first-order valence-corrected chi connectivity index (χ1v) is 6.47. The van der Waals surface area contributed by atoms with Gasteiger partial charge in [-0.3, -0.25) is 13.9 Å². The summed E-state index contributed by atoms with van der Waals surface area (Å²) in [5.74, 6) is 0.447. The van der Waals surface area contributed by atoms with E-state index in [0.29, 0.717) is 18.8 Å². The van der Waals surface area contributed by atoms with Crippen molar-refractivity contribution in [2.24, 2.45) is 14.1 Å². The summed E-state index contributed by atoms with van der Waals surface area (Å²) in [7, 11) is 2.91. The molecular weight excluding hydrogens is 278 g/mol. The first kappa shape index (κ1) is 14.8. The number of carbonyl (C=O) groups excluding carboxylic acids is 1. The molecule has 0 aliphatic rings. The molecule has 21 heavy (non-hydrogen) atoms. The van der Waals surface area contributed by atoms with E-state index >= 15 is 0 Å². The molecule has 9 heteroatoms. The average Bonchev–Trinajstić information content (AvgIpc) is 2.87. The van der Waals surface area contributed by atoms with E-state index in [9.17, 15) is 19.5 Å². The lowest BCUT2D eigenvalue weighted by atomic mass is 10.4. The zero-order valence-electron chi connectivity index (χ0n) is 12.0. The fraction of sp³-hybridized carbons (Fsp3) is 0.500. The SMILES string of the molecule is CCN(CCc1nc2c([nH]1)c(=O)n(C)c(=O)n2C)C(=O)[O-]. The summed E-state index contributed by atoms with van der Waals surface area (Å²) < 4.78 is 2.26. The molecule has 2 aromatic heterocycles. The van der Waals surface area contributed by atoms with Gasteiger partial charge >= 0.3 is 5.69 Å². The summed E-state index contributed by atoms with van der Waals surface area (Å²) in [6.07, 6.45) is -0.953. The molecular formula is C12H16N5O4-. The van der Waals surface area contributed by atoms with Gasteiger partial charge in [-0.15, -0.1) is 0 Å². The summed E-state index contributed by atoms with van der Waals surface area (Å²) in [6.45, 7) is 2.21. The molecule has 0 aliphatic heterocycles. The van der Waals surface area contributed by atoms with Crippen LogP contribution in [0.3, 0.4) is 0 Å². The molecule has 2 heterocycles. The van der Waals surface area contributed by atoms with Gasteiger partial charge in [-0.1, -0.05) is 0 Å². The van der Waals surface area contributed by atoms with Crippen LogP contribution in [0.25, 0.3) is 11.2 Å². The van der Waals surface area contributed by atoms with Crippen molar-refractivity contribution >= 4 is 17.3 Å². The van der Waals surface area contributed by atoms with E-state index in [1.54, 1.807) is 6.92 Å². The number of hydrogen-bond acceptors (Lipinski definition) is 5. The number of aromatic amines is 1. The van der Waals surface area contributed by atoms with Crippen LogP contribution in [0.5, 0.6) is 0 Å². The molecule has 114 valence electrons. The van der Waals surface area contributed by atoms with Crippen molar-refractivity contribution in [1.82, 2.24) is 24.0 Å². The van der Waals surface area contributed by atoms with E-state index in [4.69, 9.17) is 0 Å². The minimum Gasteiger partial charge on any atom is -0.530 e. The number of nitrogens with one attached hydrogen (secondary N) is 1. The number of H-pyrrole nitrogens is 1. The molecule has 0 saturated carbocycles. The second-order valence-corrected chi connectivity index (χ2v) is 4.68. The van der Waals surface area contributed by atoms with Gasteiger partial charge in [0.25, 0.3) is 5.56 Å². The van der Waals surface area contributed by atoms with Crippen LogP contribution in [-0.4, -0.2) is 43.2 Å². The molecule has 9 nitrogen and oxygen atoms in total. The van der Waals surface area contributed by atoms with Gasteiger partial charge in [-0.05, 0) is 6.92 Å². The van der Waals surface area contributed by atoms with Crippen molar-refractivity contribution in [3.63, 3.8) is 0 Å². The molecule has 0 aromatic carbocycles. The minimum absolute atomic E-state index is 0.201. The lowest BCUT2D eigenvalue weighted by Crippen LogP contribution is -2.42. The van der Waals surface area contributed by atoms with Crippen LogP contribution in [0.2, 0.25) is 0 Å². The summed E-state index contributed by atoms with van der Waals surface area (Å²) in [5, 5.41) is 10.8. The van der Waals surface area contributed by atoms with Crippen molar-refractivity contribution < 1.29 is 9.90 Å². The van der Waals surface area contributed by atoms with E-state index in [2.05, 4.69) is 9.97 Å². The zero-order valence-corrected chi connectivity index (χ0v) is 12.0. The number of amides is 1. The molecule has 1 N–H and O–H groups in total. The van der Waals surface area contributed by atoms with Crippen molar-refractivity contribution in [2.45, 2.75) is 13.3 Å². The summed E-state index contributed by atoms with van der Waals surface area (Å²) >= 11 is 0. The molecule has 0 bridgehead atoms. The van der Waals surface area contributed by atoms with Crippen LogP contribution in [0, 0.1) is 0 Å². The molecule has 0 spiro atoms. The molecule has 0 saturated heterocycles. The highest BCUT2D eigenvalue weighted by molar-refractivity contribution is 5.69. The number of nitrogens with zero attached hydrogens (tertiary/aromatic N) is 4. The maximum Gasteiger partial charge on any atom is 0.332 e. The topological polar surface area (TPSA) is 116 Å². The number of rotatable bonds is 4. The number of aromatic nitrogens is 4. The molecule has 0 aliphatic carbocycles. The Kier molecular flexibility index (Phi) is 3.83. The first-order valence-electron chi connectivity index (χ1n) is 6.47. The van der Waals surface area contributed by atoms with Crippen molar-refractivity contribution in [2.75, 3.05) is 13.1 Å². The van der Waals surface area contributed by atoms with Gasteiger partial charge in [-0.25, -0.2) is 9.78 Å². The average molecular weight is 294 g/mol. The lowest BCUT2D eigenvalue weighted by molar-refractivity contribution is -0.265. The van der Waals surface area contributed by atoms with Crippen LogP contribution >= 0.6 is 0 Å². The second-order valence-electron chi connectivity index (χ2n) is 4.68. The monoisotopic (exact) mass is 294 g/mol. The molecule has 2 aromatic rings. The standard InChI is InChI=1S/C12H17N5O4/c1-4-17(12(20)21)6-5-7-13-8-9(14-7)15(2)11(19)16(3)10(8)18/h4-6H2,1-3H3,(H,13,14)(H,20,21)/p-1. The number of imidazole rings is 1. The lowest BCUT2D eigenvalue weighted by Gasteiger charge is -2.22. The van der Waals surface area contributed by atoms with Crippen molar-refractivity contribution in [3.05, 3.63) is 26.7 Å². The third-order valence-electron chi connectivity index (χ3n) is 3.40. The smallest absolute Gasteiger partial charge is 0.332 e. The Morgan fingerprint density at radius 2 is 2.00 bits per heavy atom. The van der Waals surface area contributed by atoms with Gasteiger partial charge in [0.15, 0.2) is 5.65 Å². The number of carbonyl (C=O) groups is 1. The molecule has 0 fully saturated rings. The maximum atomic E-state index is 12.0. The van der Waals surface area contributed by atoms with Gasteiger partial charge in [0.05, 0.1) is 0 Å². The minimum atomic E-state index is -1.25. The Hall–Kier alpha value is -2.58. The molecule has 1 amide bonds. The highest BCUT2D eigenvalue weighted by atomic mass is 16.4. The van der Waals surface area contributed by atoms with E-state index in [1.165, 1.54) is 18.7 Å². The summed E-state index contributed by atoms with van der Waals surface area (Å²) in [6, 6.07) is 0. The molecule has 0 unspecified atom stereocenters. The van der Waals surface area contributed by atoms with Crippen LogP contribution < -0.4 is 16.4 Å². The highest BCUT2D eigenvalue weighted by Crippen LogP contribution is 2.05. The number of hydrogen-bond donors (Lipinski definition) is 1. The highest BCUT2D eigenvalue weighted by Gasteiger charge is 2.13. The predicted octanol–water partition coefficient (Wildman–Crippen LogP) is -1.83. The normalized spacial score (nSPS) is 11.0. The van der Waals surface area contributed by atoms with Gasteiger partial charge in [0.2, 0.25) is 0 Å². The summed E-state index contributed by atoms with van der Waals surface area (Å²) in [4.78, 5) is 42.8. The Bertz CT molecular complexity index is 800. The van der Waals surface area contributed by atoms with Crippen molar-refractivity contribution in [3.8, 4) is 0 Å². The van der Waals surface area contributed by atoms with Crippen LogP contribution in [-0.2, 0) is 20.5 Å². The quantitative estimate of drug-likeness (QED) is 0.712. The zero-order chi connectivity index (χ0) is 15.7. The van der Waals surface area contributed by atoms with Crippen LogP contribution in [0.1, 0.15) is 12.7 Å². The third-order valence-corrected chi connectivity index (χ3v) is 3.40. The number of carboxylic acid groups (broad SMARTS) is 1. The third kappa shape index (κ3) is 2.54. The van der Waals surface area contributed by atoms with Gasteiger partial charge in [0, 0.05) is 33.6 Å². The number of fused-ring (bicyclic) bond motifs is 1. The second kappa shape index (κ2) is 5.43. The van der Waals surface area contributed by atoms with Crippen LogP contribution in [0.15, 0.2) is 9.59 Å². The van der Waals surface area contributed by atoms with E-state index in [0.717, 1.165) is 9.47 Å². The number of likely N-dealkylation sites (N-methyl/N-ethyl adjacent to an activating group) is 1. The molecule has 0 radical (unpaired) electrons. The maximum absolute atomic E-state index is 12.0. The first-order chi connectivity index (χ1) is 9.86. The Balaban J connectivity index is 2.38. The Morgan fingerprint density at radius 3 is 2.57 bits per heavy atom. The van der Waals surface area contributed by atoms with E-state index in [1.807, 2.05) is 0 Å². The van der Waals surface area contributed by atoms with E-state index in [-0.39, 0.29) is 17.7 Å². The Morgan fingerprint density at radius 1 is 1.33 bits per heavy atom. The summed E-state index contributed by atoms with van der Waals surface area (Å²) in [5.41, 5.74) is -0.435. The van der Waals surface area contributed by atoms with E-state index < -0.39 is 17.3 Å². The Labute approximate surface area is 119 Å². The van der Waals surface area contributed by atoms with Gasteiger partial charge < -0.3 is 19.8 Å². The largest absolute Gasteiger partial charge is 0.530 e. The molecule has 0 atom stereocenters. The number of aryl methyl sites for hydroxylation is 1. The molecule has 2 rings (SSSR count). The van der Waals surface area contributed by atoms with Gasteiger partial charge in [-0.2, -0.15) is 0 Å². The predicted molar refractivity (Wildman–Crippen MR) is 72.9 cm³/mol.